The predicted molar refractivity (Wildman–Crippen MR) is 218 cm³/mol. The van der Waals surface area contributed by atoms with Gasteiger partial charge in [-0.1, -0.05) is 60.7 Å². The fourth-order valence-corrected chi connectivity index (χ4v) is 9.11. The summed E-state index contributed by atoms with van der Waals surface area (Å²) in [4.78, 5) is 32.0. The van der Waals surface area contributed by atoms with Crippen molar-refractivity contribution in [3.63, 3.8) is 0 Å². The van der Waals surface area contributed by atoms with Gasteiger partial charge in [0.05, 0.1) is 26.2 Å². The second-order valence-electron chi connectivity index (χ2n) is 13.2. The number of nitrogens with zero attached hydrogens (tertiary/aromatic N) is 3. The van der Waals surface area contributed by atoms with Gasteiger partial charge < -0.3 is 19.7 Å². The van der Waals surface area contributed by atoms with Crippen LogP contribution < -0.4 is 19.7 Å². The van der Waals surface area contributed by atoms with Gasteiger partial charge in [-0.3, -0.25) is 14.9 Å². The molecule has 0 aromatic heterocycles. The Labute approximate surface area is 325 Å². The quantitative estimate of drug-likeness (QED) is 0.0683. The van der Waals surface area contributed by atoms with Gasteiger partial charge in [0.1, 0.15) is 6.61 Å². The lowest BCUT2D eigenvalue weighted by molar-refractivity contribution is -0.384. The van der Waals surface area contributed by atoms with Crippen molar-refractivity contribution < 1.29 is 19.2 Å². The third-order valence-electron chi connectivity index (χ3n) is 9.96. The van der Waals surface area contributed by atoms with Gasteiger partial charge in [0.2, 0.25) is 0 Å². The van der Waals surface area contributed by atoms with Crippen molar-refractivity contribution in [1.29, 1.82) is 0 Å². The fraction of sp³-hybridized carbons (Fsp3) is 0.190. The molecule has 53 heavy (non-hydrogen) atoms. The molecular weight excluding hydrogens is 799 g/mol. The van der Waals surface area contributed by atoms with E-state index < -0.39 is 4.92 Å². The summed E-state index contributed by atoms with van der Waals surface area (Å²) >= 11 is 3.51. The molecule has 0 bridgehead atoms. The van der Waals surface area contributed by atoms with Gasteiger partial charge in [-0.15, -0.1) is 0 Å². The molecule has 0 spiro atoms. The molecule has 0 radical (unpaired) electrons. The summed E-state index contributed by atoms with van der Waals surface area (Å²) in [6.45, 7) is 2.25. The number of nitro groups is 1. The van der Waals surface area contributed by atoms with Crippen molar-refractivity contribution in [3.05, 3.63) is 161 Å². The standard InChI is InChI=1S/C42H35IN4O5S/c1-51-37-21-27(20-36(43)40(37)52-25-26-12-14-31(15-13-26)47(49)50)22-38-41(48)45-42(53-38)44-30-23-34-32(28-8-4-2-5-9-28)16-18-46-19-17-33(35(24-30)39(34)46)29-10-6-3-7-11-29/h2-15,20-24,32-33H,16-19,25H2,1H3,(H,44,45,48)/b38-22-/t32-,33-/m1/s1. The maximum Gasteiger partial charge on any atom is 0.269 e. The largest absolute Gasteiger partial charge is 0.493 e. The SMILES string of the molecule is COc1cc(/C=C2\SC(=Nc3cc4c5c(c3)[C@@H](c3ccccc3)CCN5CC[C@@H]4c3ccccc3)NC2=O)cc(I)c1OCc1ccc([N+](=O)[O-])cc1. The molecule has 3 heterocycles. The third kappa shape index (κ3) is 7.27. The monoisotopic (exact) mass is 834 g/mol. The molecule has 1 fully saturated rings. The van der Waals surface area contributed by atoms with Gasteiger partial charge >= 0.3 is 0 Å². The molecule has 0 unspecified atom stereocenters. The summed E-state index contributed by atoms with van der Waals surface area (Å²) in [5.74, 6) is 1.38. The molecule has 0 aliphatic carbocycles. The molecule has 266 valence electrons. The Morgan fingerprint density at radius 1 is 0.925 bits per heavy atom. The van der Waals surface area contributed by atoms with Gasteiger partial charge in [0.25, 0.3) is 11.6 Å². The highest BCUT2D eigenvalue weighted by molar-refractivity contribution is 14.1. The third-order valence-corrected chi connectivity index (χ3v) is 11.7. The van der Waals surface area contributed by atoms with Crippen LogP contribution in [0.3, 0.4) is 0 Å². The highest BCUT2D eigenvalue weighted by Gasteiger charge is 2.35. The summed E-state index contributed by atoms with van der Waals surface area (Å²) < 4.78 is 12.6. The van der Waals surface area contributed by atoms with Crippen LogP contribution >= 0.6 is 34.4 Å². The molecule has 3 aliphatic rings. The molecule has 0 saturated carbocycles. The number of nitrogens with one attached hydrogen (secondary N) is 1. The Bertz CT molecular complexity index is 2190. The minimum absolute atomic E-state index is 0.0255. The molecule has 11 heteroatoms. The molecule has 1 amide bonds. The number of rotatable bonds is 9. The Morgan fingerprint density at radius 3 is 2.13 bits per heavy atom. The van der Waals surface area contributed by atoms with Crippen molar-refractivity contribution >= 4 is 68.6 Å². The maximum atomic E-state index is 13.3. The van der Waals surface area contributed by atoms with Crippen LogP contribution in [0, 0.1) is 13.7 Å². The van der Waals surface area contributed by atoms with Gasteiger partial charge in [0.15, 0.2) is 16.7 Å². The number of methoxy groups -OCH3 is 1. The first-order valence-electron chi connectivity index (χ1n) is 17.4. The Morgan fingerprint density at radius 2 is 1.55 bits per heavy atom. The Hall–Kier alpha value is -5.14. The van der Waals surface area contributed by atoms with Crippen molar-refractivity contribution in [1.82, 2.24) is 5.32 Å². The number of carbonyl (C=O) groups is 1. The van der Waals surface area contributed by atoms with Crippen LogP contribution in [0.25, 0.3) is 6.08 Å². The van der Waals surface area contributed by atoms with E-state index in [2.05, 4.69) is 106 Å². The van der Waals surface area contributed by atoms with Crippen LogP contribution in [0.15, 0.2) is 119 Å². The molecule has 9 nitrogen and oxygen atoms in total. The smallest absolute Gasteiger partial charge is 0.269 e. The van der Waals surface area contributed by atoms with Gasteiger partial charge in [-0.05, 0) is 123 Å². The first-order chi connectivity index (χ1) is 25.8. The summed E-state index contributed by atoms with van der Waals surface area (Å²) in [6.07, 6.45) is 3.90. The van der Waals surface area contributed by atoms with Crippen molar-refractivity contribution in [2.75, 3.05) is 25.1 Å². The number of amides is 1. The van der Waals surface area contributed by atoms with E-state index in [4.69, 9.17) is 14.5 Å². The van der Waals surface area contributed by atoms with Crippen LogP contribution in [0.5, 0.6) is 11.5 Å². The van der Waals surface area contributed by atoms with Crippen LogP contribution in [0.2, 0.25) is 0 Å². The van der Waals surface area contributed by atoms with Crippen molar-refractivity contribution in [2.24, 2.45) is 4.99 Å². The summed E-state index contributed by atoms with van der Waals surface area (Å²) in [5, 5.41) is 14.5. The summed E-state index contributed by atoms with van der Waals surface area (Å²) in [5.41, 5.74) is 8.97. The minimum atomic E-state index is -0.429. The number of anilines is 1. The lowest BCUT2D eigenvalue weighted by Crippen LogP contribution is -2.37. The topological polar surface area (TPSA) is 106 Å². The number of benzene rings is 5. The lowest BCUT2D eigenvalue weighted by atomic mass is 9.76. The van der Waals surface area contributed by atoms with E-state index in [-0.39, 0.29) is 30.0 Å². The zero-order valence-corrected chi connectivity index (χ0v) is 31.8. The van der Waals surface area contributed by atoms with Gasteiger partial charge in [-0.25, -0.2) is 4.99 Å². The number of ether oxygens (including phenoxy) is 2. The Balaban J connectivity index is 1.09. The number of aliphatic imine (C=N–C) groups is 1. The van der Waals surface area contributed by atoms with Crippen molar-refractivity contribution in [3.8, 4) is 11.5 Å². The molecule has 5 aromatic rings. The van der Waals surface area contributed by atoms with Crippen LogP contribution in [0.4, 0.5) is 17.1 Å². The molecule has 1 saturated heterocycles. The van der Waals surface area contributed by atoms with Crippen molar-refractivity contribution in [2.45, 2.75) is 31.3 Å². The predicted octanol–water partition coefficient (Wildman–Crippen LogP) is 9.56. The molecule has 3 aliphatic heterocycles. The van der Waals surface area contributed by atoms with E-state index in [0.29, 0.717) is 21.6 Å². The van der Waals surface area contributed by atoms with E-state index >= 15 is 0 Å². The molecular formula is C42H35IN4O5S. The summed E-state index contributed by atoms with van der Waals surface area (Å²) in [6, 6.07) is 35.9. The molecule has 2 atom stereocenters. The van der Waals surface area contributed by atoms with E-state index in [9.17, 15) is 14.9 Å². The van der Waals surface area contributed by atoms with Crippen LogP contribution in [-0.2, 0) is 11.4 Å². The lowest BCUT2D eigenvalue weighted by Gasteiger charge is -2.43. The molecule has 8 rings (SSSR count). The maximum absolute atomic E-state index is 13.3. The number of nitro benzene ring substituents is 1. The second-order valence-corrected chi connectivity index (χ2v) is 15.4. The van der Waals surface area contributed by atoms with Gasteiger partial charge in [0, 0.05) is 42.7 Å². The van der Waals surface area contributed by atoms with Gasteiger partial charge in [-0.2, -0.15) is 0 Å². The number of carbonyl (C=O) groups excluding carboxylic acids is 1. The number of hydrogen-bond acceptors (Lipinski definition) is 8. The zero-order valence-electron chi connectivity index (χ0n) is 28.8. The van der Waals surface area contributed by atoms with E-state index in [0.717, 1.165) is 46.3 Å². The Kier molecular flexibility index (Phi) is 9.93. The number of non-ortho nitro benzene ring substituents is 1. The normalized spacial score (nSPS) is 19.2. The fourth-order valence-electron chi connectivity index (χ4n) is 7.49. The molecule has 1 N–H and O–H groups in total. The number of halogens is 1. The number of amidine groups is 1. The minimum Gasteiger partial charge on any atom is -0.493 e. The van der Waals surface area contributed by atoms with Crippen LogP contribution in [0.1, 0.15) is 58.1 Å². The number of thioether (sulfide) groups is 1. The van der Waals surface area contributed by atoms with Crippen LogP contribution in [-0.4, -0.2) is 36.2 Å². The first-order valence-corrected chi connectivity index (χ1v) is 19.3. The summed E-state index contributed by atoms with van der Waals surface area (Å²) in [7, 11) is 1.57. The number of hydrogen-bond donors (Lipinski definition) is 1. The highest BCUT2D eigenvalue weighted by Crippen LogP contribution is 2.50. The van der Waals surface area contributed by atoms with E-state index in [1.165, 1.54) is 51.8 Å². The van der Waals surface area contributed by atoms with E-state index in [1.54, 1.807) is 19.2 Å². The first kappa shape index (κ1) is 34.9. The highest BCUT2D eigenvalue weighted by atomic mass is 127. The second kappa shape index (κ2) is 15.1. The average molecular weight is 835 g/mol. The molecule has 5 aromatic carbocycles. The zero-order chi connectivity index (χ0) is 36.5. The average Bonchev–Trinajstić information content (AvgIpc) is 3.52. The van der Waals surface area contributed by atoms with E-state index in [1.807, 2.05) is 18.2 Å².